The van der Waals surface area contributed by atoms with E-state index in [1.54, 1.807) is 0 Å². The molecule has 86 valence electrons. The first-order valence-electron chi connectivity index (χ1n) is 5.48. The summed E-state index contributed by atoms with van der Waals surface area (Å²) in [6.45, 7) is 1.48. The summed E-state index contributed by atoms with van der Waals surface area (Å²) in [5.41, 5.74) is 0. The molecule has 4 heteroatoms. The van der Waals surface area contributed by atoms with Crippen molar-refractivity contribution >= 4 is 11.9 Å². The molecule has 2 unspecified atom stereocenters. The van der Waals surface area contributed by atoms with Crippen LogP contribution in [-0.2, 0) is 9.59 Å². The van der Waals surface area contributed by atoms with E-state index in [2.05, 4.69) is 0 Å². The van der Waals surface area contributed by atoms with Gasteiger partial charge >= 0.3 is 11.9 Å². The van der Waals surface area contributed by atoms with Crippen LogP contribution in [0.5, 0.6) is 0 Å². The predicted octanol–water partition coefficient (Wildman–Crippen LogP) is 1.99. The van der Waals surface area contributed by atoms with Gasteiger partial charge in [-0.2, -0.15) is 0 Å². The highest BCUT2D eigenvalue weighted by atomic mass is 16.4. The molecule has 15 heavy (non-hydrogen) atoms. The van der Waals surface area contributed by atoms with Gasteiger partial charge in [0.25, 0.3) is 0 Å². The van der Waals surface area contributed by atoms with E-state index in [1.165, 1.54) is 6.92 Å². The topological polar surface area (TPSA) is 74.6 Å². The predicted molar refractivity (Wildman–Crippen MR) is 54.5 cm³/mol. The SMILES string of the molecule is CC(C(=O)O)C(CC1CCCC1)C(=O)O. The molecule has 0 heterocycles. The van der Waals surface area contributed by atoms with Gasteiger partial charge in [0.15, 0.2) is 0 Å². The smallest absolute Gasteiger partial charge is 0.307 e. The lowest BCUT2D eigenvalue weighted by molar-refractivity contribution is -0.153. The second-order valence-corrected chi connectivity index (χ2v) is 4.46. The van der Waals surface area contributed by atoms with Gasteiger partial charge in [0, 0.05) is 0 Å². The minimum absolute atomic E-state index is 0.410. The standard InChI is InChI=1S/C11H18O4/c1-7(10(12)13)9(11(14)15)6-8-4-2-3-5-8/h7-9H,2-6H2,1H3,(H,12,13)(H,14,15). The largest absolute Gasteiger partial charge is 0.481 e. The zero-order valence-corrected chi connectivity index (χ0v) is 8.98. The van der Waals surface area contributed by atoms with Crippen LogP contribution in [0.2, 0.25) is 0 Å². The van der Waals surface area contributed by atoms with E-state index in [9.17, 15) is 9.59 Å². The van der Waals surface area contributed by atoms with Gasteiger partial charge in [-0.05, 0) is 12.3 Å². The quantitative estimate of drug-likeness (QED) is 0.733. The van der Waals surface area contributed by atoms with Gasteiger partial charge in [-0.1, -0.05) is 32.6 Å². The first-order chi connectivity index (χ1) is 7.02. The van der Waals surface area contributed by atoms with Crippen LogP contribution in [0, 0.1) is 17.8 Å². The lowest BCUT2D eigenvalue weighted by Crippen LogP contribution is -2.29. The minimum atomic E-state index is -1.01. The number of carbonyl (C=O) groups is 2. The van der Waals surface area contributed by atoms with Crippen molar-refractivity contribution in [2.24, 2.45) is 17.8 Å². The van der Waals surface area contributed by atoms with Gasteiger partial charge < -0.3 is 10.2 Å². The van der Waals surface area contributed by atoms with E-state index < -0.39 is 23.8 Å². The first kappa shape index (κ1) is 12.0. The van der Waals surface area contributed by atoms with Crippen LogP contribution in [0.4, 0.5) is 0 Å². The molecule has 0 aromatic carbocycles. The maximum atomic E-state index is 11.0. The Kier molecular flexibility index (Phi) is 4.12. The molecule has 1 rings (SSSR count). The maximum absolute atomic E-state index is 11.0. The van der Waals surface area contributed by atoms with Crippen molar-refractivity contribution in [3.63, 3.8) is 0 Å². The lowest BCUT2D eigenvalue weighted by Gasteiger charge is -2.19. The third-order valence-electron chi connectivity index (χ3n) is 3.37. The van der Waals surface area contributed by atoms with E-state index in [1.807, 2.05) is 0 Å². The summed E-state index contributed by atoms with van der Waals surface area (Å²) in [5.74, 6) is -3.10. The number of aliphatic carboxylic acids is 2. The Bertz CT molecular complexity index is 243. The van der Waals surface area contributed by atoms with Gasteiger partial charge in [0.05, 0.1) is 11.8 Å². The molecular weight excluding hydrogens is 196 g/mol. The van der Waals surface area contributed by atoms with Crippen LogP contribution in [-0.4, -0.2) is 22.2 Å². The molecule has 0 aromatic rings. The fraction of sp³-hybridized carbons (Fsp3) is 0.818. The summed E-state index contributed by atoms with van der Waals surface area (Å²) in [4.78, 5) is 21.7. The molecule has 1 aliphatic rings. The van der Waals surface area contributed by atoms with Crippen molar-refractivity contribution in [1.82, 2.24) is 0 Å². The molecule has 0 spiro atoms. The van der Waals surface area contributed by atoms with Crippen LogP contribution in [0.1, 0.15) is 39.0 Å². The number of carboxylic acid groups (broad SMARTS) is 2. The molecule has 4 nitrogen and oxygen atoms in total. The molecule has 1 saturated carbocycles. The molecule has 0 aliphatic heterocycles. The van der Waals surface area contributed by atoms with Gasteiger partial charge in [-0.15, -0.1) is 0 Å². The maximum Gasteiger partial charge on any atom is 0.307 e. The minimum Gasteiger partial charge on any atom is -0.481 e. The van der Waals surface area contributed by atoms with Gasteiger partial charge in [-0.25, -0.2) is 0 Å². The summed E-state index contributed by atoms with van der Waals surface area (Å²) in [6.07, 6.45) is 4.92. The lowest BCUT2D eigenvalue weighted by atomic mass is 9.85. The van der Waals surface area contributed by atoms with Gasteiger partial charge in [-0.3, -0.25) is 9.59 Å². The van der Waals surface area contributed by atoms with Crippen molar-refractivity contribution in [3.05, 3.63) is 0 Å². The van der Waals surface area contributed by atoms with Crippen molar-refractivity contribution in [2.45, 2.75) is 39.0 Å². The summed E-state index contributed by atoms with van der Waals surface area (Å²) < 4.78 is 0. The third kappa shape index (κ3) is 3.22. The number of rotatable bonds is 5. The average Bonchev–Trinajstić information content (AvgIpc) is 2.64. The molecule has 0 saturated heterocycles. The van der Waals surface area contributed by atoms with Crippen molar-refractivity contribution < 1.29 is 19.8 Å². The van der Waals surface area contributed by atoms with Crippen LogP contribution in [0.3, 0.4) is 0 Å². The molecule has 2 atom stereocenters. The van der Waals surface area contributed by atoms with Crippen molar-refractivity contribution in [1.29, 1.82) is 0 Å². The molecular formula is C11H18O4. The highest BCUT2D eigenvalue weighted by molar-refractivity contribution is 5.79. The Morgan fingerprint density at radius 2 is 1.73 bits per heavy atom. The van der Waals surface area contributed by atoms with Crippen molar-refractivity contribution in [2.75, 3.05) is 0 Å². The summed E-state index contributed by atoms with van der Waals surface area (Å²) in [5, 5.41) is 17.8. The van der Waals surface area contributed by atoms with Gasteiger partial charge in [0.2, 0.25) is 0 Å². The summed E-state index contributed by atoms with van der Waals surface area (Å²) in [7, 11) is 0. The third-order valence-corrected chi connectivity index (χ3v) is 3.37. The zero-order valence-electron chi connectivity index (χ0n) is 8.98. The molecule has 0 radical (unpaired) electrons. The Morgan fingerprint density at radius 3 is 2.13 bits per heavy atom. The molecule has 0 amide bonds. The van der Waals surface area contributed by atoms with E-state index in [-0.39, 0.29) is 0 Å². The average molecular weight is 214 g/mol. The Balaban J connectivity index is 2.57. The monoisotopic (exact) mass is 214 g/mol. The highest BCUT2D eigenvalue weighted by Crippen LogP contribution is 2.32. The molecule has 0 aromatic heterocycles. The Hall–Kier alpha value is -1.06. The van der Waals surface area contributed by atoms with Crippen LogP contribution < -0.4 is 0 Å². The van der Waals surface area contributed by atoms with Crippen LogP contribution in [0.25, 0.3) is 0 Å². The summed E-state index contributed by atoms with van der Waals surface area (Å²) in [6, 6.07) is 0. The zero-order chi connectivity index (χ0) is 11.4. The Morgan fingerprint density at radius 1 is 1.20 bits per heavy atom. The highest BCUT2D eigenvalue weighted by Gasteiger charge is 2.32. The number of hydrogen-bond donors (Lipinski definition) is 2. The van der Waals surface area contributed by atoms with Crippen molar-refractivity contribution in [3.8, 4) is 0 Å². The normalized spacial score (nSPS) is 21.1. The van der Waals surface area contributed by atoms with E-state index >= 15 is 0 Å². The number of hydrogen-bond acceptors (Lipinski definition) is 2. The second-order valence-electron chi connectivity index (χ2n) is 4.46. The molecule has 2 N–H and O–H groups in total. The fourth-order valence-corrected chi connectivity index (χ4v) is 2.30. The molecule has 0 bridgehead atoms. The molecule has 1 fully saturated rings. The first-order valence-corrected chi connectivity index (χ1v) is 5.48. The fourth-order valence-electron chi connectivity index (χ4n) is 2.30. The second kappa shape index (κ2) is 5.14. The summed E-state index contributed by atoms with van der Waals surface area (Å²) >= 11 is 0. The number of carboxylic acids is 2. The van der Waals surface area contributed by atoms with Gasteiger partial charge in [0.1, 0.15) is 0 Å². The van der Waals surface area contributed by atoms with E-state index in [0.717, 1.165) is 25.7 Å². The van der Waals surface area contributed by atoms with E-state index in [0.29, 0.717) is 12.3 Å². The van der Waals surface area contributed by atoms with E-state index in [4.69, 9.17) is 10.2 Å². The van der Waals surface area contributed by atoms with Crippen LogP contribution in [0.15, 0.2) is 0 Å². The Labute approximate surface area is 89.3 Å². The molecule has 1 aliphatic carbocycles. The van der Waals surface area contributed by atoms with Crippen LogP contribution >= 0.6 is 0 Å².